The number of para-hydroxylation sites is 6. The number of hydrogen-bond acceptors (Lipinski definition) is 1. The zero-order chi connectivity index (χ0) is 46.8. The third kappa shape index (κ3) is 5.54. The van der Waals surface area contributed by atoms with E-state index in [4.69, 9.17) is 0 Å². The Labute approximate surface area is 397 Å². The van der Waals surface area contributed by atoms with Crippen LogP contribution in [0.2, 0.25) is 0 Å². The van der Waals surface area contributed by atoms with Gasteiger partial charge in [-0.3, -0.25) is 0 Å². The SMILES string of the molecule is N#Cc1c(-n2c3ccccc3c3ccc4c(c5ccccc5n4-c4ccccc4)c32)cc(-c2ccccc2C(F)(F)F)cc1-n1c2ccccc2c2ccc3c(c4ccccc4n3-c3ccccc3)c21. The Balaban J connectivity index is 1.20. The van der Waals surface area contributed by atoms with E-state index in [1.165, 1.54) is 12.1 Å². The molecule has 4 heterocycles. The van der Waals surface area contributed by atoms with Crippen LogP contribution in [0, 0.1) is 11.3 Å². The summed E-state index contributed by atoms with van der Waals surface area (Å²) in [5, 5.41) is 19.7. The molecule has 10 aromatic carbocycles. The maximum absolute atomic E-state index is 15.3. The smallest absolute Gasteiger partial charge is 0.309 e. The molecule has 0 aliphatic heterocycles. The lowest BCUT2D eigenvalue weighted by Gasteiger charge is -2.20. The van der Waals surface area contributed by atoms with Crippen molar-refractivity contribution in [3.8, 4) is 39.9 Å². The molecular formula is C62H36F3N5. The van der Waals surface area contributed by atoms with Crippen molar-refractivity contribution in [2.75, 3.05) is 0 Å². The molecule has 330 valence electrons. The van der Waals surface area contributed by atoms with Gasteiger partial charge < -0.3 is 18.3 Å². The molecule has 0 aliphatic rings. The number of aromatic nitrogens is 4. The van der Waals surface area contributed by atoms with Crippen molar-refractivity contribution in [1.82, 2.24) is 18.3 Å². The van der Waals surface area contributed by atoms with Crippen molar-refractivity contribution in [2.45, 2.75) is 6.18 Å². The first kappa shape index (κ1) is 39.8. The van der Waals surface area contributed by atoms with Gasteiger partial charge in [0.05, 0.1) is 61.1 Å². The number of nitriles is 1. The van der Waals surface area contributed by atoms with Crippen molar-refractivity contribution in [1.29, 1.82) is 5.26 Å². The molecule has 0 atom stereocenters. The van der Waals surface area contributed by atoms with Gasteiger partial charge in [-0.2, -0.15) is 18.4 Å². The summed E-state index contributed by atoms with van der Waals surface area (Å²) >= 11 is 0. The lowest BCUT2D eigenvalue weighted by atomic mass is 9.95. The number of halogens is 3. The number of hydrogen-bond donors (Lipinski definition) is 0. The molecule has 0 aliphatic carbocycles. The summed E-state index contributed by atoms with van der Waals surface area (Å²) in [6.07, 6.45) is -4.67. The molecule has 0 amide bonds. The Kier molecular flexibility index (Phi) is 8.44. The van der Waals surface area contributed by atoms with Crippen LogP contribution in [0.1, 0.15) is 11.1 Å². The highest BCUT2D eigenvalue weighted by Gasteiger charge is 2.34. The van der Waals surface area contributed by atoms with Gasteiger partial charge in [0.25, 0.3) is 0 Å². The van der Waals surface area contributed by atoms with Gasteiger partial charge >= 0.3 is 6.18 Å². The molecule has 0 spiro atoms. The number of fused-ring (bicyclic) bond motifs is 14. The van der Waals surface area contributed by atoms with Crippen molar-refractivity contribution >= 4 is 87.2 Å². The van der Waals surface area contributed by atoms with Crippen LogP contribution in [0.15, 0.2) is 218 Å². The summed E-state index contributed by atoms with van der Waals surface area (Å²) in [6.45, 7) is 0. The summed E-state index contributed by atoms with van der Waals surface area (Å²) in [4.78, 5) is 0. The van der Waals surface area contributed by atoms with Crippen molar-refractivity contribution in [2.24, 2.45) is 0 Å². The van der Waals surface area contributed by atoms with E-state index in [1.54, 1.807) is 18.2 Å². The van der Waals surface area contributed by atoms with Crippen LogP contribution in [0.25, 0.3) is 121 Å². The molecule has 8 heteroatoms. The molecule has 70 heavy (non-hydrogen) atoms. The highest BCUT2D eigenvalue weighted by Crippen LogP contribution is 2.48. The van der Waals surface area contributed by atoms with Gasteiger partial charge in [-0.05, 0) is 90.0 Å². The lowest BCUT2D eigenvalue weighted by molar-refractivity contribution is -0.137. The molecule has 0 fully saturated rings. The molecule has 0 saturated heterocycles. The van der Waals surface area contributed by atoms with Crippen LogP contribution >= 0.6 is 0 Å². The quantitative estimate of drug-likeness (QED) is 0.170. The van der Waals surface area contributed by atoms with Crippen LogP contribution in [0.5, 0.6) is 0 Å². The molecule has 4 aromatic heterocycles. The van der Waals surface area contributed by atoms with Crippen molar-refractivity contribution < 1.29 is 13.2 Å². The van der Waals surface area contributed by atoms with E-state index in [1.807, 2.05) is 97.1 Å². The van der Waals surface area contributed by atoms with Crippen molar-refractivity contribution in [3.05, 3.63) is 230 Å². The summed E-state index contributed by atoms with van der Waals surface area (Å²) in [5.74, 6) is 0. The molecule has 14 rings (SSSR count). The zero-order valence-corrected chi connectivity index (χ0v) is 37.2. The maximum atomic E-state index is 15.3. The third-order valence-electron chi connectivity index (χ3n) is 14.2. The van der Waals surface area contributed by atoms with E-state index < -0.39 is 11.7 Å². The predicted octanol–water partition coefficient (Wildman–Crippen LogP) is 16.6. The van der Waals surface area contributed by atoms with E-state index in [9.17, 15) is 5.26 Å². The fraction of sp³-hybridized carbons (Fsp3) is 0.0161. The number of benzene rings is 10. The minimum atomic E-state index is -4.67. The lowest BCUT2D eigenvalue weighted by Crippen LogP contribution is -2.09. The Morgan fingerprint density at radius 3 is 1.19 bits per heavy atom. The predicted molar refractivity (Wildman–Crippen MR) is 279 cm³/mol. The van der Waals surface area contributed by atoms with E-state index in [0.717, 1.165) is 105 Å². The second-order valence-corrected chi connectivity index (χ2v) is 17.8. The second kappa shape index (κ2) is 14.8. The summed E-state index contributed by atoms with van der Waals surface area (Å²) in [7, 11) is 0. The molecular weight excluding hydrogens is 872 g/mol. The average molecular weight is 908 g/mol. The Morgan fingerprint density at radius 2 is 0.743 bits per heavy atom. The minimum Gasteiger partial charge on any atom is -0.309 e. The fourth-order valence-electron chi connectivity index (χ4n) is 11.4. The van der Waals surface area contributed by atoms with Crippen molar-refractivity contribution in [3.63, 3.8) is 0 Å². The molecule has 0 N–H and O–H groups in total. The first-order chi connectivity index (χ1) is 34.4. The summed E-state index contributed by atoms with van der Waals surface area (Å²) < 4.78 is 54.7. The van der Waals surface area contributed by atoms with E-state index >= 15 is 13.2 Å². The monoisotopic (exact) mass is 907 g/mol. The van der Waals surface area contributed by atoms with Crippen LogP contribution in [0.3, 0.4) is 0 Å². The molecule has 0 saturated carbocycles. The number of rotatable bonds is 5. The normalized spacial score (nSPS) is 12.2. The van der Waals surface area contributed by atoms with E-state index in [2.05, 4.69) is 109 Å². The standard InChI is InChI=1S/C62H36F3N5/c63-62(64,65)49-26-12-7-21-41(49)38-35-56(69-50-27-13-8-22-42(50)44-31-33-54-58(60(44)69)46-24-10-15-29-52(46)67(54)39-17-3-1-4-18-39)48(37-66)57(36-38)70-51-28-14-9-23-43(51)45-32-34-55-59(61(45)70)47-25-11-16-30-53(47)68(55)40-19-5-2-6-20-40/h1-36H. The second-order valence-electron chi connectivity index (χ2n) is 17.8. The fourth-order valence-corrected chi connectivity index (χ4v) is 11.4. The molecule has 5 nitrogen and oxygen atoms in total. The van der Waals surface area contributed by atoms with Gasteiger partial charge in [-0.25, -0.2) is 0 Å². The molecule has 0 bridgehead atoms. The van der Waals surface area contributed by atoms with Gasteiger partial charge in [0.1, 0.15) is 11.6 Å². The Hall–Kier alpha value is -9.32. The number of nitrogens with zero attached hydrogens (tertiary/aromatic N) is 5. The van der Waals surface area contributed by atoms with Gasteiger partial charge in [0.2, 0.25) is 0 Å². The average Bonchev–Trinajstić information content (AvgIpc) is 4.13. The van der Waals surface area contributed by atoms with Crippen LogP contribution in [-0.2, 0) is 6.18 Å². The Bertz CT molecular complexity index is 4270. The zero-order valence-electron chi connectivity index (χ0n) is 37.2. The maximum Gasteiger partial charge on any atom is 0.417 e. The highest BCUT2D eigenvalue weighted by atomic mass is 19.4. The van der Waals surface area contributed by atoms with Gasteiger partial charge in [0, 0.05) is 54.5 Å². The summed E-state index contributed by atoms with van der Waals surface area (Å²) in [6, 6.07) is 73.9. The Morgan fingerprint density at radius 1 is 0.357 bits per heavy atom. The number of alkyl halides is 3. The largest absolute Gasteiger partial charge is 0.417 e. The first-order valence-electron chi connectivity index (χ1n) is 23.2. The van der Waals surface area contributed by atoms with Crippen LogP contribution in [0.4, 0.5) is 13.2 Å². The van der Waals surface area contributed by atoms with E-state index in [-0.39, 0.29) is 5.56 Å². The van der Waals surface area contributed by atoms with Gasteiger partial charge in [-0.1, -0.05) is 140 Å². The van der Waals surface area contributed by atoms with Gasteiger partial charge in [0.15, 0.2) is 0 Å². The summed E-state index contributed by atoms with van der Waals surface area (Å²) in [5.41, 5.74) is 10.1. The highest BCUT2D eigenvalue weighted by molar-refractivity contribution is 6.28. The molecule has 14 aromatic rings. The first-order valence-corrected chi connectivity index (χ1v) is 23.2. The third-order valence-corrected chi connectivity index (χ3v) is 14.2. The molecule has 0 radical (unpaired) electrons. The van der Waals surface area contributed by atoms with Gasteiger partial charge in [-0.15, -0.1) is 0 Å². The van der Waals surface area contributed by atoms with Crippen LogP contribution in [-0.4, -0.2) is 18.3 Å². The topological polar surface area (TPSA) is 43.5 Å². The minimum absolute atomic E-state index is 0.0141. The van der Waals surface area contributed by atoms with E-state index in [0.29, 0.717) is 22.5 Å². The van der Waals surface area contributed by atoms with Crippen LogP contribution < -0.4 is 0 Å². The molecule has 0 unspecified atom stereocenters.